The lowest BCUT2D eigenvalue weighted by Gasteiger charge is -2.33. The van der Waals surface area contributed by atoms with Crippen LogP contribution in [0.5, 0.6) is 0 Å². The lowest BCUT2D eigenvalue weighted by atomic mass is 10.1. The van der Waals surface area contributed by atoms with Crippen molar-refractivity contribution in [3.63, 3.8) is 0 Å². The summed E-state index contributed by atoms with van der Waals surface area (Å²) < 4.78 is 0. The number of carbonyl (C=O) groups excluding carboxylic acids is 3. The first-order valence-electron chi connectivity index (χ1n) is 8.28. The van der Waals surface area contributed by atoms with E-state index in [0.29, 0.717) is 5.69 Å². The minimum absolute atomic E-state index is 0.0117. The van der Waals surface area contributed by atoms with Crippen LogP contribution >= 0.6 is 0 Å². The molecule has 7 nitrogen and oxygen atoms in total. The Morgan fingerprint density at radius 3 is 2.32 bits per heavy atom. The number of aryl methyl sites for hydroxylation is 2. The summed E-state index contributed by atoms with van der Waals surface area (Å²) in [5.41, 5.74) is 2.49. The van der Waals surface area contributed by atoms with Crippen LogP contribution in [0.1, 0.15) is 11.1 Å². The maximum atomic E-state index is 12.8. The number of benzene rings is 1. The van der Waals surface area contributed by atoms with Crippen LogP contribution < -0.4 is 10.2 Å². The molecule has 3 rings (SSSR count). The molecule has 7 heteroatoms. The van der Waals surface area contributed by atoms with Crippen molar-refractivity contribution in [2.24, 2.45) is 0 Å². The van der Waals surface area contributed by atoms with E-state index in [1.807, 2.05) is 31.9 Å². The highest BCUT2D eigenvalue weighted by Gasteiger charge is 2.37. The fourth-order valence-corrected chi connectivity index (χ4v) is 2.88. The molecule has 1 N–H and O–H groups in total. The molecule has 0 spiro atoms. The van der Waals surface area contributed by atoms with Gasteiger partial charge in [-0.15, -0.1) is 0 Å². The third-order valence-electron chi connectivity index (χ3n) is 4.70. The smallest absolute Gasteiger partial charge is 0.335 e. The first-order valence-corrected chi connectivity index (χ1v) is 8.28. The molecule has 2 fully saturated rings. The van der Waals surface area contributed by atoms with Crippen LogP contribution in [0.3, 0.4) is 0 Å². The van der Waals surface area contributed by atoms with Crippen molar-refractivity contribution in [3.05, 3.63) is 41.1 Å². The number of hydrogen-bond donors (Lipinski definition) is 1. The summed E-state index contributed by atoms with van der Waals surface area (Å²) in [6, 6.07) is 4.62. The first kappa shape index (κ1) is 17.2. The van der Waals surface area contributed by atoms with Crippen LogP contribution in [-0.4, -0.2) is 60.9 Å². The molecular weight excluding hydrogens is 320 g/mol. The summed E-state index contributed by atoms with van der Waals surface area (Å²) in [5, 5.41) is 2.26. The summed E-state index contributed by atoms with van der Waals surface area (Å²) in [5.74, 6) is -1.23. The van der Waals surface area contributed by atoms with E-state index in [-0.39, 0.29) is 5.57 Å². The quantitative estimate of drug-likeness (QED) is 0.642. The predicted octanol–water partition coefficient (Wildman–Crippen LogP) is 1.02. The van der Waals surface area contributed by atoms with Crippen LogP contribution in [0.25, 0.3) is 0 Å². The highest BCUT2D eigenvalue weighted by Crippen LogP contribution is 2.23. The minimum Gasteiger partial charge on any atom is -0.374 e. The van der Waals surface area contributed by atoms with Crippen molar-refractivity contribution in [1.82, 2.24) is 15.1 Å². The Hall–Kier alpha value is -2.67. The molecule has 132 valence electrons. The molecule has 0 aliphatic carbocycles. The van der Waals surface area contributed by atoms with E-state index in [4.69, 9.17) is 0 Å². The zero-order chi connectivity index (χ0) is 18.1. The third kappa shape index (κ3) is 3.41. The van der Waals surface area contributed by atoms with Gasteiger partial charge in [-0.1, -0.05) is 6.07 Å². The average Bonchev–Trinajstić information content (AvgIpc) is 2.56. The van der Waals surface area contributed by atoms with Gasteiger partial charge < -0.3 is 9.80 Å². The van der Waals surface area contributed by atoms with Gasteiger partial charge in [0.1, 0.15) is 5.57 Å². The number of piperazine rings is 1. The molecule has 0 radical (unpaired) electrons. The van der Waals surface area contributed by atoms with Gasteiger partial charge in [-0.2, -0.15) is 0 Å². The number of barbiturate groups is 1. The fraction of sp³-hybridized carbons (Fsp3) is 0.389. The van der Waals surface area contributed by atoms with Gasteiger partial charge in [-0.3, -0.25) is 14.9 Å². The zero-order valence-electron chi connectivity index (χ0n) is 14.7. The van der Waals surface area contributed by atoms with Crippen molar-refractivity contribution in [1.29, 1.82) is 0 Å². The number of nitrogens with zero attached hydrogens (tertiary/aromatic N) is 3. The average molecular weight is 342 g/mol. The number of amides is 4. The van der Waals surface area contributed by atoms with Crippen molar-refractivity contribution in [3.8, 4) is 0 Å². The Balaban J connectivity index is 1.90. The van der Waals surface area contributed by atoms with Crippen molar-refractivity contribution in [2.45, 2.75) is 13.8 Å². The molecule has 0 atom stereocenters. The third-order valence-corrected chi connectivity index (χ3v) is 4.70. The van der Waals surface area contributed by atoms with Gasteiger partial charge in [0.15, 0.2) is 0 Å². The molecule has 4 amide bonds. The number of likely N-dealkylation sites (N-methyl/N-ethyl adjacent to an activating group) is 1. The summed E-state index contributed by atoms with van der Waals surface area (Å²) in [6.07, 6.45) is 1.57. The molecular formula is C18H22N4O3. The summed E-state index contributed by atoms with van der Waals surface area (Å²) in [7, 11) is 2.03. The van der Waals surface area contributed by atoms with Gasteiger partial charge in [0, 0.05) is 32.4 Å². The van der Waals surface area contributed by atoms with Gasteiger partial charge >= 0.3 is 6.03 Å². The van der Waals surface area contributed by atoms with E-state index in [9.17, 15) is 14.4 Å². The Morgan fingerprint density at radius 1 is 1.00 bits per heavy atom. The van der Waals surface area contributed by atoms with Gasteiger partial charge in [0.2, 0.25) is 0 Å². The number of anilines is 1. The van der Waals surface area contributed by atoms with E-state index in [2.05, 4.69) is 10.2 Å². The molecule has 25 heavy (non-hydrogen) atoms. The molecule has 1 aromatic carbocycles. The zero-order valence-corrected chi connectivity index (χ0v) is 14.7. The second kappa shape index (κ2) is 6.68. The molecule has 2 heterocycles. The van der Waals surface area contributed by atoms with E-state index < -0.39 is 17.8 Å². The van der Waals surface area contributed by atoms with E-state index in [1.54, 1.807) is 18.3 Å². The van der Waals surface area contributed by atoms with Crippen molar-refractivity contribution in [2.75, 3.05) is 38.1 Å². The Bertz CT molecular complexity index is 764. The van der Waals surface area contributed by atoms with Crippen LogP contribution in [-0.2, 0) is 9.59 Å². The number of urea groups is 1. The lowest BCUT2D eigenvalue weighted by Crippen LogP contribution is -2.55. The molecule has 1 aromatic rings. The minimum atomic E-state index is -0.714. The first-order chi connectivity index (χ1) is 11.9. The van der Waals surface area contributed by atoms with Gasteiger partial charge in [0.05, 0.1) is 5.69 Å². The molecule has 0 saturated carbocycles. The van der Waals surface area contributed by atoms with Crippen LogP contribution in [0, 0.1) is 13.8 Å². The number of carbonyl (C=O) groups is 3. The second-order valence-electron chi connectivity index (χ2n) is 6.55. The Labute approximate surface area is 146 Å². The highest BCUT2D eigenvalue weighted by atomic mass is 16.2. The summed E-state index contributed by atoms with van der Waals surface area (Å²) in [6.45, 7) is 7.06. The highest BCUT2D eigenvalue weighted by molar-refractivity contribution is 6.37. The van der Waals surface area contributed by atoms with Crippen LogP contribution in [0.2, 0.25) is 0 Å². The van der Waals surface area contributed by atoms with E-state index in [0.717, 1.165) is 42.2 Å². The molecule has 0 bridgehead atoms. The Kier molecular flexibility index (Phi) is 4.59. The summed E-state index contributed by atoms with van der Waals surface area (Å²) in [4.78, 5) is 42.4. The van der Waals surface area contributed by atoms with Crippen LogP contribution in [0.15, 0.2) is 30.0 Å². The number of rotatable bonds is 2. The topological polar surface area (TPSA) is 73.0 Å². The van der Waals surface area contributed by atoms with E-state index in [1.165, 1.54) is 0 Å². The fourth-order valence-electron chi connectivity index (χ4n) is 2.88. The van der Waals surface area contributed by atoms with Crippen molar-refractivity contribution < 1.29 is 14.4 Å². The molecule has 0 unspecified atom stereocenters. The molecule has 2 aliphatic heterocycles. The predicted molar refractivity (Wildman–Crippen MR) is 94.1 cm³/mol. The van der Waals surface area contributed by atoms with Crippen molar-refractivity contribution >= 4 is 23.5 Å². The second-order valence-corrected chi connectivity index (χ2v) is 6.55. The number of hydrogen-bond acceptors (Lipinski definition) is 5. The molecule has 0 aromatic heterocycles. The largest absolute Gasteiger partial charge is 0.374 e. The Morgan fingerprint density at radius 2 is 1.68 bits per heavy atom. The lowest BCUT2D eigenvalue weighted by molar-refractivity contribution is -0.122. The van der Waals surface area contributed by atoms with E-state index >= 15 is 0 Å². The summed E-state index contributed by atoms with van der Waals surface area (Å²) >= 11 is 0. The number of imide groups is 2. The van der Waals surface area contributed by atoms with Crippen LogP contribution in [0.4, 0.5) is 10.5 Å². The normalized spacial score (nSPS) is 21.1. The van der Waals surface area contributed by atoms with Gasteiger partial charge in [-0.05, 0) is 44.2 Å². The SMILES string of the molecule is Cc1ccc(N2C(=O)NC(=O)C(=CN3CCN(C)CC3)C2=O)cc1C. The van der Waals surface area contributed by atoms with Gasteiger partial charge in [-0.25, -0.2) is 9.69 Å². The standard InChI is InChI=1S/C18H22N4O3/c1-12-4-5-14(10-13(12)2)22-17(24)15(16(23)19-18(22)25)11-21-8-6-20(3)7-9-21/h4-5,10-11H,6-9H2,1-3H3,(H,19,23,25). The molecule has 2 aliphatic rings. The monoisotopic (exact) mass is 342 g/mol. The molecule has 2 saturated heterocycles. The van der Waals surface area contributed by atoms with Gasteiger partial charge in [0.25, 0.3) is 11.8 Å². The number of nitrogens with one attached hydrogen (secondary N) is 1. The maximum Gasteiger partial charge on any atom is 0.335 e. The maximum absolute atomic E-state index is 12.8.